The van der Waals surface area contributed by atoms with Crippen molar-refractivity contribution < 1.29 is 32.3 Å². The van der Waals surface area contributed by atoms with Crippen molar-refractivity contribution in [3.8, 4) is 21.8 Å². The third kappa shape index (κ3) is 5.01. The van der Waals surface area contributed by atoms with Crippen molar-refractivity contribution in [1.82, 2.24) is 0 Å². The number of hydrogen-bond donors (Lipinski definition) is 2. The van der Waals surface area contributed by atoms with Crippen molar-refractivity contribution in [3.05, 3.63) is 81.9 Å². The van der Waals surface area contributed by atoms with E-state index in [1.807, 2.05) is 6.07 Å². The van der Waals surface area contributed by atoms with Crippen molar-refractivity contribution in [1.29, 1.82) is 0 Å². The summed E-state index contributed by atoms with van der Waals surface area (Å²) >= 11 is 6.90. The molecule has 2 N–H and O–H groups in total. The normalized spacial score (nSPS) is 11.3. The van der Waals surface area contributed by atoms with Crippen LogP contribution in [0.1, 0.15) is 32.7 Å². The molecule has 4 rings (SSSR count). The van der Waals surface area contributed by atoms with Crippen molar-refractivity contribution >= 4 is 50.6 Å². The number of rotatable bonds is 8. The van der Waals surface area contributed by atoms with Gasteiger partial charge >= 0.3 is 11.9 Å². The van der Waals surface area contributed by atoms with Gasteiger partial charge in [0.25, 0.3) is 10.0 Å². The van der Waals surface area contributed by atoms with Gasteiger partial charge in [-0.05, 0) is 49.7 Å². The van der Waals surface area contributed by atoms with Gasteiger partial charge in [0.05, 0.1) is 12.3 Å². The molecule has 0 aliphatic heterocycles. The van der Waals surface area contributed by atoms with E-state index < -0.39 is 26.9 Å². The second kappa shape index (κ2) is 10.2. The molecule has 11 heteroatoms. The Morgan fingerprint density at radius 2 is 1.75 bits per heavy atom. The van der Waals surface area contributed by atoms with Gasteiger partial charge in [0.2, 0.25) is 0 Å². The quantitative estimate of drug-likeness (QED) is 0.248. The molecule has 2 heterocycles. The minimum absolute atomic E-state index is 0.0147. The van der Waals surface area contributed by atoms with E-state index in [1.54, 1.807) is 55.5 Å². The lowest BCUT2D eigenvalue weighted by Crippen LogP contribution is -2.18. The number of sulfonamides is 1. The molecule has 0 unspecified atom stereocenters. The van der Waals surface area contributed by atoms with Crippen LogP contribution in [0.2, 0.25) is 5.02 Å². The van der Waals surface area contributed by atoms with E-state index >= 15 is 0 Å². The number of carbonyl (C=O) groups excluding carboxylic acids is 1. The maximum Gasteiger partial charge on any atom is 0.348 e. The fourth-order valence-corrected chi connectivity index (χ4v) is 6.18. The SMILES string of the molecule is CCOC(=O)c1c(C)oc(-c2ccc(Cl)cc2)c1S(=O)(=O)Nc1cc(-c2ccccc2)sc1C(=O)O. The predicted octanol–water partition coefficient (Wildman–Crippen LogP) is 6.31. The number of halogens is 1. The number of furan rings is 1. The van der Waals surface area contributed by atoms with Gasteiger partial charge in [-0.1, -0.05) is 41.9 Å². The van der Waals surface area contributed by atoms with E-state index in [9.17, 15) is 23.1 Å². The first-order valence-corrected chi connectivity index (χ1v) is 13.3. The maximum atomic E-state index is 13.7. The van der Waals surface area contributed by atoms with E-state index in [-0.39, 0.29) is 34.3 Å². The summed E-state index contributed by atoms with van der Waals surface area (Å²) < 4.78 is 40.6. The van der Waals surface area contributed by atoms with Gasteiger partial charge in [0, 0.05) is 15.5 Å². The summed E-state index contributed by atoms with van der Waals surface area (Å²) in [6.07, 6.45) is 0. The number of carbonyl (C=O) groups is 2. The van der Waals surface area contributed by atoms with Crippen LogP contribution in [0.4, 0.5) is 5.69 Å². The minimum Gasteiger partial charge on any atom is -0.477 e. The number of thiophene rings is 1. The van der Waals surface area contributed by atoms with Crippen molar-refractivity contribution in [2.45, 2.75) is 18.7 Å². The Labute approximate surface area is 216 Å². The van der Waals surface area contributed by atoms with Crippen LogP contribution in [-0.4, -0.2) is 32.1 Å². The molecule has 4 aromatic rings. The number of carboxylic acid groups (broad SMARTS) is 1. The number of hydrogen-bond acceptors (Lipinski definition) is 7. The number of ether oxygens (including phenoxy) is 1. The molecule has 0 aliphatic carbocycles. The molecule has 0 bridgehead atoms. The Hall–Kier alpha value is -3.60. The topological polar surface area (TPSA) is 123 Å². The Morgan fingerprint density at radius 1 is 1.08 bits per heavy atom. The second-order valence-electron chi connectivity index (χ2n) is 7.55. The van der Waals surface area contributed by atoms with Crippen molar-refractivity contribution in [2.24, 2.45) is 0 Å². The lowest BCUT2D eigenvalue weighted by atomic mass is 10.1. The average molecular weight is 546 g/mol. The van der Waals surface area contributed by atoms with E-state index in [4.69, 9.17) is 20.8 Å². The Balaban J connectivity index is 1.87. The van der Waals surface area contributed by atoms with Crippen LogP contribution in [0.3, 0.4) is 0 Å². The zero-order valence-corrected chi connectivity index (χ0v) is 21.5. The molecule has 2 aromatic carbocycles. The first-order chi connectivity index (χ1) is 17.1. The third-order valence-electron chi connectivity index (χ3n) is 5.12. The smallest absolute Gasteiger partial charge is 0.348 e. The highest BCUT2D eigenvalue weighted by Crippen LogP contribution is 2.40. The molecular weight excluding hydrogens is 526 g/mol. The maximum absolute atomic E-state index is 13.7. The number of aryl methyl sites for hydroxylation is 1. The number of nitrogens with one attached hydrogen (secondary N) is 1. The summed E-state index contributed by atoms with van der Waals surface area (Å²) in [5.74, 6) is -2.25. The first-order valence-electron chi connectivity index (χ1n) is 10.6. The van der Waals surface area contributed by atoms with Gasteiger partial charge in [-0.3, -0.25) is 4.72 Å². The molecular formula is C25H20ClNO7S2. The zero-order valence-electron chi connectivity index (χ0n) is 19.1. The number of aromatic carboxylic acids is 1. The van der Waals surface area contributed by atoms with Crippen LogP contribution < -0.4 is 4.72 Å². The minimum atomic E-state index is -4.53. The van der Waals surface area contributed by atoms with Gasteiger partial charge in [0.15, 0.2) is 5.76 Å². The average Bonchev–Trinajstić information content (AvgIpc) is 3.41. The second-order valence-corrected chi connectivity index (χ2v) is 10.7. The highest BCUT2D eigenvalue weighted by Gasteiger charge is 2.35. The summed E-state index contributed by atoms with van der Waals surface area (Å²) in [5, 5.41) is 10.2. The van der Waals surface area contributed by atoms with Crippen LogP contribution in [0.15, 0.2) is 70.0 Å². The fraction of sp³-hybridized carbons (Fsp3) is 0.120. The number of esters is 1. The van der Waals surface area contributed by atoms with Gasteiger partial charge in [-0.15, -0.1) is 11.3 Å². The van der Waals surface area contributed by atoms with Gasteiger partial charge in [0.1, 0.15) is 21.1 Å². The first kappa shape index (κ1) is 25.5. The summed E-state index contributed by atoms with van der Waals surface area (Å²) in [6.45, 7) is 3.06. The predicted molar refractivity (Wildman–Crippen MR) is 137 cm³/mol. The number of carboxylic acids is 1. The summed E-state index contributed by atoms with van der Waals surface area (Å²) in [7, 11) is -4.53. The summed E-state index contributed by atoms with van der Waals surface area (Å²) in [6, 6.07) is 16.6. The van der Waals surface area contributed by atoms with Crippen LogP contribution in [0, 0.1) is 6.92 Å². The summed E-state index contributed by atoms with van der Waals surface area (Å²) in [4.78, 5) is 24.6. The highest BCUT2D eigenvalue weighted by atomic mass is 35.5. The van der Waals surface area contributed by atoms with Gasteiger partial charge < -0.3 is 14.3 Å². The molecule has 0 aliphatic rings. The number of anilines is 1. The van der Waals surface area contributed by atoms with Crippen LogP contribution in [0.5, 0.6) is 0 Å². The molecule has 0 saturated carbocycles. The molecule has 0 spiro atoms. The molecule has 0 radical (unpaired) electrons. The third-order valence-corrected chi connectivity index (χ3v) is 7.96. The van der Waals surface area contributed by atoms with E-state index in [2.05, 4.69) is 4.72 Å². The van der Waals surface area contributed by atoms with E-state index in [0.29, 0.717) is 15.5 Å². The lowest BCUT2D eigenvalue weighted by Gasteiger charge is -2.10. The largest absolute Gasteiger partial charge is 0.477 e. The summed E-state index contributed by atoms with van der Waals surface area (Å²) in [5.41, 5.74) is 0.669. The van der Waals surface area contributed by atoms with Crippen LogP contribution in [0.25, 0.3) is 21.8 Å². The Kier molecular flexibility index (Phi) is 7.21. The van der Waals surface area contributed by atoms with Crippen molar-refractivity contribution in [2.75, 3.05) is 11.3 Å². The molecule has 8 nitrogen and oxygen atoms in total. The molecule has 0 fully saturated rings. The van der Waals surface area contributed by atoms with E-state index in [1.165, 1.54) is 13.0 Å². The Bertz CT molecular complexity index is 1540. The van der Waals surface area contributed by atoms with Crippen LogP contribution in [-0.2, 0) is 14.8 Å². The molecule has 0 atom stereocenters. The van der Waals surface area contributed by atoms with E-state index in [0.717, 1.165) is 16.9 Å². The lowest BCUT2D eigenvalue weighted by molar-refractivity contribution is 0.0519. The monoisotopic (exact) mass is 545 g/mol. The fourth-order valence-electron chi connectivity index (χ4n) is 3.58. The molecule has 0 amide bonds. The van der Waals surface area contributed by atoms with Gasteiger partial charge in [-0.2, -0.15) is 0 Å². The molecule has 0 saturated heterocycles. The van der Waals surface area contributed by atoms with Crippen molar-refractivity contribution in [3.63, 3.8) is 0 Å². The standard InChI is InChI=1S/C25H20ClNO7S2/c1-3-33-25(30)20-14(2)34-21(16-9-11-17(26)12-10-16)23(20)36(31,32)27-18-13-19(35-22(18)24(28)29)15-7-5-4-6-8-15/h4-13,27H,3H2,1-2H3,(H,28,29). The molecule has 2 aromatic heterocycles. The Morgan fingerprint density at radius 3 is 2.36 bits per heavy atom. The zero-order chi connectivity index (χ0) is 26.0. The number of benzene rings is 2. The molecule has 36 heavy (non-hydrogen) atoms. The van der Waals surface area contributed by atoms with Crippen LogP contribution >= 0.6 is 22.9 Å². The highest BCUT2D eigenvalue weighted by molar-refractivity contribution is 7.93. The van der Waals surface area contributed by atoms with Gasteiger partial charge in [-0.25, -0.2) is 18.0 Å². The molecule has 186 valence electrons.